The lowest BCUT2D eigenvalue weighted by molar-refractivity contribution is 0.184. The number of benzene rings is 1. The molecule has 7 heteroatoms. The molecule has 1 saturated heterocycles. The Labute approximate surface area is 118 Å². The Morgan fingerprint density at radius 3 is 2.85 bits per heavy atom. The maximum absolute atomic E-state index is 13.4. The second-order valence-electron chi connectivity index (χ2n) is 5.06. The van der Waals surface area contributed by atoms with Crippen LogP contribution < -0.4 is 10.5 Å². The Balaban J connectivity index is 2.02. The third-order valence-corrected chi connectivity index (χ3v) is 4.88. The highest BCUT2D eigenvalue weighted by molar-refractivity contribution is 7.89. The molecular formula is C13H19FN2O3S. The molecule has 0 aliphatic carbocycles. The van der Waals surface area contributed by atoms with Crippen LogP contribution in [-0.2, 0) is 14.8 Å². The quantitative estimate of drug-likeness (QED) is 0.806. The van der Waals surface area contributed by atoms with Crippen molar-refractivity contribution >= 4 is 15.7 Å². The molecule has 5 nitrogen and oxygen atoms in total. The smallest absolute Gasteiger partial charge is 0.240 e. The summed E-state index contributed by atoms with van der Waals surface area (Å²) in [6, 6.07) is 2.43. The number of hydrogen-bond acceptors (Lipinski definition) is 4. The number of nitrogens with two attached hydrogens (primary N) is 1. The van der Waals surface area contributed by atoms with Gasteiger partial charge in [0.2, 0.25) is 10.0 Å². The Morgan fingerprint density at radius 2 is 2.25 bits per heavy atom. The van der Waals surface area contributed by atoms with Gasteiger partial charge in [0.25, 0.3) is 0 Å². The molecule has 2 rings (SSSR count). The lowest BCUT2D eigenvalue weighted by Gasteiger charge is -2.11. The van der Waals surface area contributed by atoms with E-state index in [0.29, 0.717) is 19.1 Å². The van der Waals surface area contributed by atoms with Gasteiger partial charge in [-0.1, -0.05) is 0 Å². The third kappa shape index (κ3) is 3.47. The first-order valence-electron chi connectivity index (χ1n) is 6.53. The Morgan fingerprint density at radius 1 is 1.50 bits per heavy atom. The zero-order valence-corrected chi connectivity index (χ0v) is 12.2. The van der Waals surface area contributed by atoms with Crippen LogP contribution >= 0.6 is 0 Å². The van der Waals surface area contributed by atoms with Crippen LogP contribution in [0.5, 0.6) is 0 Å². The second-order valence-corrected chi connectivity index (χ2v) is 6.83. The average Bonchev–Trinajstić information content (AvgIpc) is 2.88. The van der Waals surface area contributed by atoms with Crippen LogP contribution in [0, 0.1) is 18.7 Å². The van der Waals surface area contributed by atoms with Crippen molar-refractivity contribution in [1.29, 1.82) is 0 Å². The lowest BCUT2D eigenvalue weighted by atomic mass is 10.1. The van der Waals surface area contributed by atoms with E-state index in [-0.39, 0.29) is 16.1 Å². The molecule has 1 heterocycles. The van der Waals surface area contributed by atoms with Crippen LogP contribution in [0.25, 0.3) is 0 Å². The molecule has 1 aliphatic rings. The normalized spacial score (nSPS) is 19.4. The minimum atomic E-state index is -3.65. The van der Waals surface area contributed by atoms with E-state index in [2.05, 4.69) is 4.72 Å². The molecular weight excluding hydrogens is 283 g/mol. The number of nitrogen functional groups attached to an aromatic ring is 1. The van der Waals surface area contributed by atoms with E-state index in [1.165, 1.54) is 13.0 Å². The SMILES string of the molecule is Cc1cc(S(=O)(=O)NCCC2CCOC2)cc(N)c1F. The molecule has 20 heavy (non-hydrogen) atoms. The van der Waals surface area contributed by atoms with Gasteiger partial charge in [-0.15, -0.1) is 0 Å². The highest BCUT2D eigenvalue weighted by Gasteiger charge is 2.19. The van der Waals surface area contributed by atoms with Gasteiger partial charge in [0.15, 0.2) is 0 Å². The number of nitrogens with one attached hydrogen (secondary N) is 1. The predicted octanol–water partition coefficient (Wildman–Crippen LogP) is 1.42. The fourth-order valence-electron chi connectivity index (χ4n) is 2.21. The Hall–Kier alpha value is -1.18. The topological polar surface area (TPSA) is 81.4 Å². The molecule has 0 spiro atoms. The van der Waals surface area contributed by atoms with Crippen LogP contribution in [0.3, 0.4) is 0 Å². The van der Waals surface area contributed by atoms with Gasteiger partial charge in [-0.25, -0.2) is 17.5 Å². The molecule has 3 N–H and O–H groups in total. The molecule has 1 fully saturated rings. The Kier molecular flexibility index (Phi) is 4.62. The standard InChI is InChI=1S/C13H19FN2O3S/c1-9-6-11(7-12(15)13(9)14)20(17,18)16-4-2-10-3-5-19-8-10/h6-7,10,16H,2-5,8,15H2,1H3. The van der Waals surface area contributed by atoms with Gasteiger partial charge in [-0.3, -0.25) is 0 Å². The fraction of sp³-hybridized carbons (Fsp3) is 0.538. The molecule has 1 unspecified atom stereocenters. The maximum atomic E-state index is 13.4. The fourth-order valence-corrected chi connectivity index (χ4v) is 3.38. The predicted molar refractivity (Wildman–Crippen MR) is 74.3 cm³/mol. The summed E-state index contributed by atoms with van der Waals surface area (Å²) in [6.45, 7) is 3.25. The van der Waals surface area contributed by atoms with Gasteiger partial charge in [0, 0.05) is 19.8 Å². The van der Waals surface area contributed by atoms with Gasteiger partial charge in [-0.2, -0.15) is 0 Å². The van der Waals surface area contributed by atoms with Crippen molar-refractivity contribution in [2.24, 2.45) is 5.92 Å². The summed E-state index contributed by atoms with van der Waals surface area (Å²) in [6.07, 6.45) is 1.69. The van der Waals surface area contributed by atoms with Crippen LogP contribution in [0.2, 0.25) is 0 Å². The number of hydrogen-bond donors (Lipinski definition) is 2. The number of halogens is 1. The number of ether oxygens (including phenoxy) is 1. The van der Waals surface area contributed by atoms with Crippen molar-refractivity contribution < 1.29 is 17.5 Å². The molecule has 0 bridgehead atoms. The van der Waals surface area contributed by atoms with Crippen molar-refractivity contribution in [1.82, 2.24) is 4.72 Å². The lowest BCUT2D eigenvalue weighted by Crippen LogP contribution is -2.26. The summed E-state index contributed by atoms with van der Waals surface area (Å²) in [7, 11) is -3.65. The van der Waals surface area contributed by atoms with E-state index in [9.17, 15) is 12.8 Å². The first-order chi connectivity index (χ1) is 9.40. The highest BCUT2D eigenvalue weighted by Crippen LogP contribution is 2.21. The van der Waals surface area contributed by atoms with E-state index < -0.39 is 15.8 Å². The molecule has 112 valence electrons. The zero-order valence-electron chi connectivity index (χ0n) is 11.4. The molecule has 0 saturated carbocycles. The molecule has 1 aliphatic heterocycles. The minimum absolute atomic E-state index is 0.00317. The second kappa shape index (κ2) is 6.07. The van der Waals surface area contributed by atoms with Gasteiger partial charge in [0.1, 0.15) is 5.82 Å². The molecule has 0 amide bonds. The number of anilines is 1. The van der Waals surface area contributed by atoms with Crippen molar-refractivity contribution in [2.75, 3.05) is 25.5 Å². The average molecular weight is 302 g/mol. The first kappa shape index (κ1) is 15.2. The summed E-state index contributed by atoms with van der Waals surface area (Å²) in [5.41, 5.74) is 5.52. The summed E-state index contributed by atoms with van der Waals surface area (Å²) in [5, 5.41) is 0. The number of aryl methyl sites for hydroxylation is 1. The van der Waals surface area contributed by atoms with Gasteiger partial charge < -0.3 is 10.5 Å². The van der Waals surface area contributed by atoms with Crippen LogP contribution in [-0.4, -0.2) is 28.2 Å². The summed E-state index contributed by atoms with van der Waals surface area (Å²) in [4.78, 5) is -0.00317. The largest absolute Gasteiger partial charge is 0.396 e. The summed E-state index contributed by atoms with van der Waals surface area (Å²) in [5.74, 6) is -0.176. The molecule has 1 aromatic rings. The van der Waals surface area contributed by atoms with E-state index in [4.69, 9.17) is 10.5 Å². The molecule has 1 atom stereocenters. The number of rotatable bonds is 5. The highest BCUT2D eigenvalue weighted by atomic mass is 32.2. The minimum Gasteiger partial charge on any atom is -0.396 e. The van der Waals surface area contributed by atoms with Gasteiger partial charge >= 0.3 is 0 Å². The monoisotopic (exact) mass is 302 g/mol. The number of sulfonamides is 1. The third-order valence-electron chi connectivity index (χ3n) is 3.44. The van der Waals surface area contributed by atoms with Crippen molar-refractivity contribution in [2.45, 2.75) is 24.7 Å². The Bertz CT molecular complexity index is 560. The van der Waals surface area contributed by atoms with E-state index in [1.807, 2.05) is 0 Å². The van der Waals surface area contributed by atoms with Crippen LogP contribution in [0.1, 0.15) is 18.4 Å². The first-order valence-corrected chi connectivity index (χ1v) is 8.01. The molecule has 0 aromatic heterocycles. The van der Waals surface area contributed by atoms with Gasteiger partial charge in [0.05, 0.1) is 10.6 Å². The van der Waals surface area contributed by atoms with Crippen molar-refractivity contribution in [3.8, 4) is 0 Å². The van der Waals surface area contributed by atoms with Gasteiger partial charge in [-0.05, 0) is 43.4 Å². The zero-order chi connectivity index (χ0) is 14.8. The van der Waals surface area contributed by atoms with E-state index in [0.717, 1.165) is 25.5 Å². The van der Waals surface area contributed by atoms with Crippen molar-refractivity contribution in [3.05, 3.63) is 23.5 Å². The van der Waals surface area contributed by atoms with Crippen molar-refractivity contribution in [3.63, 3.8) is 0 Å². The molecule has 0 radical (unpaired) electrons. The summed E-state index contributed by atoms with van der Waals surface area (Å²) < 4.78 is 45.4. The molecule has 1 aromatic carbocycles. The van der Waals surface area contributed by atoms with Crippen LogP contribution in [0.4, 0.5) is 10.1 Å². The van der Waals surface area contributed by atoms with E-state index in [1.54, 1.807) is 0 Å². The maximum Gasteiger partial charge on any atom is 0.240 e. The van der Waals surface area contributed by atoms with Crippen LogP contribution in [0.15, 0.2) is 17.0 Å². The summed E-state index contributed by atoms with van der Waals surface area (Å²) >= 11 is 0. The van der Waals surface area contributed by atoms with E-state index >= 15 is 0 Å².